The SMILES string of the molecule is COCC(=O)N[C@H]1CN(Cc2cccc(F)c2)C[C@@H]2C[C@H](NC(=O)NC(C)C)CN2C1=O. The van der Waals surface area contributed by atoms with Crippen LogP contribution in [0.3, 0.4) is 0 Å². The molecule has 0 bridgehead atoms. The Morgan fingerprint density at radius 3 is 2.69 bits per heavy atom. The van der Waals surface area contributed by atoms with Gasteiger partial charge in [0.15, 0.2) is 0 Å². The van der Waals surface area contributed by atoms with E-state index in [9.17, 15) is 18.8 Å². The number of amides is 4. The summed E-state index contributed by atoms with van der Waals surface area (Å²) in [6, 6.07) is 5.03. The first-order valence-corrected chi connectivity index (χ1v) is 10.9. The summed E-state index contributed by atoms with van der Waals surface area (Å²) in [4.78, 5) is 41.4. The summed E-state index contributed by atoms with van der Waals surface area (Å²) in [5, 5.41) is 8.50. The molecule has 0 aromatic heterocycles. The molecular formula is C22H32FN5O4. The van der Waals surface area contributed by atoms with E-state index in [1.807, 2.05) is 24.8 Å². The fraction of sp³-hybridized carbons (Fsp3) is 0.591. The summed E-state index contributed by atoms with van der Waals surface area (Å²) in [7, 11) is 1.42. The molecule has 3 N–H and O–H groups in total. The first-order valence-electron chi connectivity index (χ1n) is 10.9. The standard InChI is InChI=1S/C22H32FN5O4/c1-14(2)24-22(31)25-17-8-18-11-27(9-15-5-4-6-16(23)7-15)12-19(21(30)28(18)10-17)26-20(29)13-32-3/h4-7,14,17-19H,8-13H2,1-3H3,(H,26,29)(H2,24,25,31)/t17-,18-,19-/m0/s1. The van der Waals surface area contributed by atoms with Gasteiger partial charge in [0, 0.05) is 45.4 Å². The lowest BCUT2D eigenvalue weighted by atomic mass is 10.1. The third-order valence-electron chi connectivity index (χ3n) is 5.57. The van der Waals surface area contributed by atoms with Crippen molar-refractivity contribution in [3.8, 4) is 0 Å². The van der Waals surface area contributed by atoms with Crippen molar-refractivity contribution in [1.29, 1.82) is 0 Å². The highest BCUT2D eigenvalue weighted by molar-refractivity contribution is 5.89. The van der Waals surface area contributed by atoms with Gasteiger partial charge in [0.1, 0.15) is 18.5 Å². The predicted octanol–water partition coefficient (Wildman–Crippen LogP) is 0.450. The summed E-state index contributed by atoms with van der Waals surface area (Å²) in [5.74, 6) is -0.879. The molecule has 9 nitrogen and oxygen atoms in total. The van der Waals surface area contributed by atoms with Gasteiger partial charge in [0.05, 0.1) is 6.04 Å². The average Bonchev–Trinajstić information content (AvgIpc) is 3.03. The lowest BCUT2D eigenvalue weighted by molar-refractivity contribution is -0.137. The Kier molecular flexibility index (Phi) is 8.03. The molecule has 3 rings (SSSR count). The molecule has 32 heavy (non-hydrogen) atoms. The molecule has 2 fully saturated rings. The number of rotatable bonds is 7. The highest BCUT2D eigenvalue weighted by Gasteiger charge is 2.42. The molecule has 4 amide bonds. The fourth-order valence-corrected chi connectivity index (χ4v) is 4.36. The largest absolute Gasteiger partial charge is 0.375 e. The Balaban J connectivity index is 1.75. The number of carbonyl (C=O) groups is 3. The van der Waals surface area contributed by atoms with Crippen LogP contribution in [0.5, 0.6) is 0 Å². The summed E-state index contributed by atoms with van der Waals surface area (Å²) < 4.78 is 18.6. The number of benzene rings is 1. The van der Waals surface area contributed by atoms with Gasteiger partial charge in [-0.15, -0.1) is 0 Å². The number of carbonyl (C=O) groups excluding carboxylic acids is 3. The molecular weight excluding hydrogens is 417 g/mol. The number of nitrogens with one attached hydrogen (secondary N) is 3. The zero-order valence-electron chi connectivity index (χ0n) is 18.8. The van der Waals surface area contributed by atoms with Gasteiger partial charge in [-0.05, 0) is 38.0 Å². The highest BCUT2D eigenvalue weighted by atomic mass is 19.1. The van der Waals surface area contributed by atoms with Crippen LogP contribution in [0, 0.1) is 5.82 Å². The van der Waals surface area contributed by atoms with E-state index in [0.29, 0.717) is 32.6 Å². The lowest BCUT2D eigenvalue weighted by Crippen LogP contribution is -2.52. The van der Waals surface area contributed by atoms with Gasteiger partial charge in [0.25, 0.3) is 0 Å². The lowest BCUT2D eigenvalue weighted by Gasteiger charge is -2.25. The molecule has 0 unspecified atom stereocenters. The second-order valence-electron chi connectivity index (χ2n) is 8.73. The van der Waals surface area contributed by atoms with Gasteiger partial charge in [-0.3, -0.25) is 14.5 Å². The van der Waals surface area contributed by atoms with Crippen LogP contribution < -0.4 is 16.0 Å². The number of halogens is 1. The van der Waals surface area contributed by atoms with Gasteiger partial charge in [-0.25, -0.2) is 9.18 Å². The minimum absolute atomic E-state index is 0.00551. The summed E-state index contributed by atoms with van der Waals surface area (Å²) in [6.45, 7) is 5.30. The van der Waals surface area contributed by atoms with Crippen molar-refractivity contribution in [1.82, 2.24) is 25.8 Å². The van der Waals surface area contributed by atoms with Gasteiger partial charge < -0.3 is 25.6 Å². The highest BCUT2D eigenvalue weighted by Crippen LogP contribution is 2.24. The maximum atomic E-state index is 13.7. The number of hydrogen-bond acceptors (Lipinski definition) is 5. The third kappa shape index (κ3) is 6.39. The predicted molar refractivity (Wildman–Crippen MR) is 116 cm³/mol. The van der Waals surface area contributed by atoms with Crippen LogP contribution >= 0.6 is 0 Å². The van der Waals surface area contributed by atoms with Gasteiger partial charge >= 0.3 is 6.03 Å². The van der Waals surface area contributed by atoms with E-state index in [0.717, 1.165) is 5.56 Å². The smallest absolute Gasteiger partial charge is 0.315 e. The summed E-state index contributed by atoms with van der Waals surface area (Å²) in [6.07, 6.45) is 0.607. The second-order valence-corrected chi connectivity index (χ2v) is 8.73. The molecule has 1 aromatic rings. The second kappa shape index (κ2) is 10.7. The monoisotopic (exact) mass is 449 g/mol. The van der Waals surface area contributed by atoms with E-state index in [4.69, 9.17) is 4.74 Å². The Hall–Kier alpha value is -2.72. The van der Waals surface area contributed by atoms with E-state index < -0.39 is 6.04 Å². The Labute approximate surface area is 187 Å². The number of fused-ring (bicyclic) bond motifs is 1. The van der Waals surface area contributed by atoms with E-state index in [-0.39, 0.29) is 48.4 Å². The maximum Gasteiger partial charge on any atom is 0.315 e. The number of urea groups is 1. The first kappa shape index (κ1) is 23.9. The molecule has 3 atom stereocenters. The molecule has 1 aromatic carbocycles. The van der Waals surface area contributed by atoms with Crippen molar-refractivity contribution in [3.63, 3.8) is 0 Å². The Morgan fingerprint density at radius 1 is 1.22 bits per heavy atom. The zero-order valence-corrected chi connectivity index (χ0v) is 18.8. The maximum absolute atomic E-state index is 13.7. The van der Waals surface area contributed by atoms with Gasteiger partial charge in [-0.2, -0.15) is 0 Å². The van der Waals surface area contributed by atoms with Crippen molar-refractivity contribution >= 4 is 17.8 Å². The van der Waals surface area contributed by atoms with Crippen molar-refractivity contribution in [2.45, 2.75) is 51.0 Å². The zero-order chi connectivity index (χ0) is 23.3. The Morgan fingerprint density at radius 2 is 2.00 bits per heavy atom. The molecule has 2 aliphatic rings. The van der Waals surface area contributed by atoms with Crippen LogP contribution in [-0.2, 0) is 20.9 Å². The molecule has 0 spiro atoms. The molecule has 0 saturated carbocycles. The van der Waals surface area contributed by atoms with Crippen LogP contribution in [0.2, 0.25) is 0 Å². The van der Waals surface area contributed by atoms with Crippen molar-refractivity contribution in [2.24, 2.45) is 0 Å². The number of methoxy groups -OCH3 is 1. The van der Waals surface area contributed by atoms with Crippen molar-refractivity contribution in [3.05, 3.63) is 35.6 Å². The molecule has 2 heterocycles. The summed E-state index contributed by atoms with van der Waals surface area (Å²) >= 11 is 0. The Bertz CT molecular complexity index is 836. The summed E-state index contributed by atoms with van der Waals surface area (Å²) in [5.41, 5.74) is 0.789. The van der Waals surface area contributed by atoms with E-state index >= 15 is 0 Å². The van der Waals surface area contributed by atoms with Gasteiger partial charge in [-0.1, -0.05) is 12.1 Å². The van der Waals surface area contributed by atoms with Crippen LogP contribution in [0.4, 0.5) is 9.18 Å². The average molecular weight is 450 g/mol. The molecule has 176 valence electrons. The van der Waals surface area contributed by atoms with Crippen LogP contribution in [0.1, 0.15) is 25.8 Å². The first-order chi connectivity index (χ1) is 15.2. The van der Waals surface area contributed by atoms with Crippen molar-refractivity contribution in [2.75, 3.05) is 33.4 Å². The van der Waals surface area contributed by atoms with Crippen LogP contribution in [0.25, 0.3) is 0 Å². The molecule has 2 aliphatic heterocycles. The van der Waals surface area contributed by atoms with Crippen molar-refractivity contribution < 1.29 is 23.5 Å². The molecule has 2 saturated heterocycles. The van der Waals surface area contributed by atoms with Crippen LogP contribution in [0.15, 0.2) is 24.3 Å². The molecule has 0 radical (unpaired) electrons. The molecule has 0 aliphatic carbocycles. The van der Waals surface area contributed by atoms with E-state index in [1.54, 1.807) is 11.0 Å². The quantitative estimate of drug-likeness (QED) is 0.561. The normalized spacial score (nSPS) is 23.6. The molecule has 10 heteroatoms. The topological polar surface area (TPSA) is 103 Å². The minimum Gasteiger partial charge on any atom is -0.375 e. The number of hydrogen-bond donors (Lipinski definition) is 3. The third-order valence-corrected chi connectivity index (χ3v) is 5.57. The number of nitrogens with zero attached hydrogens (tertiary/aromatic N) is 2. The van der Waals surface area contributed by atoms with E-state index in [2.05, 4.69) is 16.0 Å². The van der Waals surface area contributed by atoms with Crippen LogP contribution in [-0.4, -0.2) is 85.2 Å². The van der Waals surface area contributed by atoms with Gasteiger partial charge in [0.2, 0.25) is 11.8 Å². The minimum atomic E-state index is -0.751. The number of ether oxygens (including phenoxy) is 1. The van der Waals surface area contributed by atoms with E-state index in [1.165, 1.54) is 19.2 Å². The fourth-order valence-electron chi connectivity index (χ4n) is 4.36.